The molecular weight excluding hydrogens is 634 g/mol. The summed E-state index contributed by atoms with van der Waals surface area (Å²) < 4.78 is 20.4. The largest absolute Gasteiger partial charge is 0.451 e. The average Bonchev–Trinajstić information content (AvgIpc) is 3.43. The van der Waals surface area contributed by atoms with E-state index in [4.69, 9.17) is 18.9 Å². The molecule has 0 saturated heterocycles. The number of hydrogen-bond donors (Lipinski definition) is 0. The molecule has 4 atom stereocenters. The summed E-state index contributed by atoms with van der Waals surface area (Å²) in [7, 11) is 0. The van der Waals surface area contributed by atoms with E-state index in [2.05, 4.69) is 30.9 Å². The van der Waals surface area contributed by atoms with E-state index in [1.165, 1.54) is 51.9 Å². The smallest absolute Gasteiger partial charge is 0.347 e. The van der Waals surface area contributed by atoms with Crippen molar-refractivity contribution >= 4 is 74.3 Å². The number of ether oxygens (including phenoxy) is 4. The summed E-state index contributed by atoms with van der Waals surface area (Å²) in [5.41, 5.74) is 1.25. The van der Waals surface area contributed by atoms with Crippen LogP contribution in [0, 0.1) is 0 Å². The number of carbonyl (C=O) groups is 6. The molecule has 1 aromatic heterocycles. The van der Waals surface area contributed by atoms with Crippen LogP contribution in [-0.2, 0) is 47.7 Å². The lowest BCUT2D eigenvalue weighted by atomic mass is 10.2. The monoisotopic (exact) mass is 663 g/mol. The van der Waals surface area contributed by atoms with Crippen LogP contribution >= 0.6 is 15.9 Å². The lowest BCUT2D eigenvalue weighted by Gasteiger charge is -2.30. The van der Waals surface area contributed by atoms with Crippen LogP contribution < -0.4 is 4.90 Å². The van der Waals surface area contributed by atoms with Crippen molar-refractivity contribution in [1.29, 1.82) is 0 Å². The van der Waals surface area contributed by atoms with Gasteiger partial charge in [0.2, 0.25) is 11.9 Å². The number of hydrogen-bond acceptors (Lipinski definition) is 13. The second-order valence-corrected chi connectivity index (χ2v) is 10.1. The fourth-order valence-electron chi connectivity index (χ4n) is 3.85. The van der Waals surface area contributed by atoms with Crippen molar-refractivity contribution in [3.05, 3.63) is 29.0 Å². The van der Waals surface area contributed by atoms with Crippen LogP contribution in [0.1, 0.15) is 41.5 Å². The van der Waals surface area contributed by atoms with E-state index in [0.29, 0.717) is 15.5 Å². The summed E-state index contributed by atoms with van der Waals surface area (Å²) in [5.74, 6) is -4.93. The van der Waals surface area contributed by atoms with E-state index < -0.39 is 54.2 Å². The Hall–Kier alpha value is -4.47. The predicted molar refractivity (Wildman–Crippen MR) is 152 cm³/mol. The number of aliphatic imine (C=N–C) groups is 1. The van der Waals surface area contributed by atoms with Crippen LogP contribution in [0.2, 0.25) is 0 Å². The minimum atomic E-state index is -1.50. The summed E-state index contributed by atoms with van der Waals surface area (Å²) in [5, 5.41) is 0. The molecule has 0 saturated carbocycles. The number of halogens is 1. The standard InChI is InChI=1S/C27H30BrN5O10/c1-13(41-25(38)15(3)43-26(39)16(4)42-24(37)14(2)40-18(6)35)23(36)33(27-31-11-12-32(27)17(5)34)20-8-7-19-22(21(20)28)30-10-9-29-19/h7-10,13-16H,11-12H2,1-6H3/t13-,14-,15-,16-/m0/s1. The van der Waals surface area contributed by atoms with Crippen molar-refractivity contribution in [1.82, 2.24) is 14.9 Å². The molecule has 2 aromatic rings. The van der Waals surface area contributed by atoms with E-state index in [0.717, 1.165) is 11.8 Å². The van der Waals surface area contributed by atoms with Gasteiger partial charge in [0.1, 0.15) is 5.52 Å². The SMILES string of the molecule is CC(=O)O[C@@H](C)C(=O)O[C@@H](C)C(=O)O[C@@H](C)C(=O)O[C@@H](C)C(=O)N(C1=NCCN1C(C)=O)c1ccc2nccnc2c1Br. The lowest BCUT2D eigenvalue weighted by Crippen LogP contribution is -2.51. The van der Waals surface area contributed by atoms with Gasteiger partial charge in [-0.2, -0.15) is 0 Å². The van der Waals surface area contributed by atoms with Crippen molar-refractivity contribution in [2.45, 2.75) is 66.0 Å². The number of benzene rings is 1. The Balaban J connectivity index is 1.76. The first-order valence-corrected chi connectivity index (χ1v) is 13.9. The maximum absolute atomic E-state index is 13.8. The van der Waals surface area contributed by atoms with Crippen molar-refractivity contribution in [3.63, 3.8) is 0 Å². The van der Waals surface area contributed by atoms with Gasteiger partial charge >= 0.3 is 23.9 Å². The summed E-state index contributed by atoms with van der Waals surface area (Å²) in [6.07, 6.45) is -2.64. The van der Waals surface area contributed by atoms with Crippen LogP contribution in [0.15, 0.2) is 34.0 Å². The first-order valence-electron chi connectivity index (χ1n) is 13.1. The summed E-state index contributed by atoms with van der Waals surface area (Å²) in [4.78, 5) is 89.7. The number of amides is 2. The fourth-order valence-corrected chi connectivity index (χ4v) is 4.47. The maximum Gasteiger partial charge on any atom is 0.347 e. The molecule has 16 heteroatoms. The third-order valence-electron chi connectivity index (χ3n) is 5.98. The molecule has 0 aliphatic carbocycles. The van der Waals surface area contributed by atoms with Crippen molar-refractivity contribution < 1.29 is 47.7 Å². The fraction of sp³-hybridized carbons (Fsp3) is 0.444. The summed E-state index contributed by atoms with van der Waals surface area (Å²) >= 11 is 3.48. The second kappa shape index (κ2) is 14.1. The number of esters is 4. The average molecular weight is 664 g/mol. The van der Waals surface area contributed by atoms with Gasteiger partial charge in [-0.05, 0) is 55.8 Å². The lowest BCUT2D eigenvalue weighted by molar-refractivity contribution is -0.183. The normalized spacial score (nSPS) is 15.4. The summed E-state index contributed by atoms with van der Waals surface area (Å²) in [6, 6.07) is 3.22. The zero-order valence-electron chi connectivity index (χ0n) is 24.2. The molecule has 3 rings (SSSR count). The molecule has 1 aliphatic rings. The molecule has 15 nitrogen and oxygen atoms in total. The van der Waals surface area contributed by atoms with E-state index in [1.807, 2.05) is 0 Å². The van der Waals surface area contributed by atoms with Crippen molar-refractivity contribution in [2.24, 2.45) is 4.99 Å². The van der Waals surface area contributed by atoms with Gasteiger partial charge in [0.05, 0.1) is 22.2 Å². The van der Waals surface area contributed by atoms with Crippen molar-refractivity contribution in [2.75, 3.05) is 18.0 Å². The van der Waals surface area contributed by atoms with Crippen LogP contribution in [0.3, 0.4) is 0 Å². The Morgan fingerprint density at radius 3 is 1.91 bits per heavy atom. The molecule has 230 valence electrons. The first kappa shape index (κ1) is 33.0. The Kier molecular flexibility index (Phi) is 10.9. The van der Waals surface area contributed by atoms with Crippen molar-refractivity contribution in [3.8, 4) is 0 Å². The zero-order valence-corrected chi connectivity index (χ0v) is 25.8. The van der Waals surface area contributed by atoms with Gasteiger partial charge in [-0.1, -0.05) is 0 Å². The Morgan fingerprint density at radius 2 is 1.35 bits per heavy atom. The number of guanidine groups is 1. The third-order valence-corrected chi connectivity index (χ3v) is 6.76. The third kappa shape index (κ3) is 7.88. The van der Waals surface area contributed by atoms with E-state index in [-0.39, 0.29) is 30.6 Å². The Bertz CT molecular complexity index is 1480. The highest BCUT2D eigenvalue weighted by atomic mass is 79.9. The quantitative estimate of drug-likeness (QED) is 0.280. The van der Waals surface area contributed by atoms with Crippen LogP contribution in [0.4, 0.5) is 5.69 Å². The van der Waals surface area contributed by atoms with E-state index in [9.17, 15) is 28.8 Å². The molecule has 0 spiro atoms. The number of aromatic nitrogens is 2. The minimum Gasteiger partial charge on any atom is -0.451 e. The molecule has 0 unspecified atom stereocenters. The van der Waals surface area contributed by atoms with Gasteiger partial charge in [0, 0.05) is 32.8 Å². The topological polar surface area (TPSA) is 184 Å². The highest BCUT2D eigenvalue weighted by Gasteiger charge is 2.37. The molecule has 43 heavy (non-hydrogen) atoms. The number of fused-ring (bicyclic) bond motifs is 1. The highest BCUT2D eigenvalue weighted by Crippen LogP contribution is 2.34. The zero-order chi connectivity index (χ0) is 32.0. The molecule has 0 N–H and O–H groups in total. The van der Waals surface area contributed by atoms with Gasteiger partial charge < -0.3 is 18.9 Å². The predicted octanol–water partition coefficient (Wildman–Crippen LogP) is 1.69. The second-order valence-electron chi connectivity index (χ2n) is 9.34. The molecule has 1 aliphatic heterocycles. The molecular formula is C27H30BrN5O10. The number of anilines is 1. The molecule has 2 amide bonds. The van der Waals surface area contributed by atoms with Crippen LogP contribution in [0.5, 0.6) is 0 Å². The van der Waals surface area contributed by atoms with Gasteiger partial charge in [-0.3, -0.25) is 34.2 Å². The highest BCUT2D eigenvalue weighted by molar-refractivity contribution is 9.10. The maximum atomic E-state index is 13.8. The van der Waals surface area contributed by atoms with Gasteiger partial charge in [0.15, 0.2) is 24.4 Å². The van der Waals surface area contributed by atoms with Crippen LogP contribution in [0.25, 0.3) is 11.0 Å². The number of rotatable bonds is 9. The molecule has 2 heterocycles. The minimum absolute atomic E-state index is 0.0300. The molecule has 0 bridgehead atoms. The van der Waals surface area contributed by atoms with Crippen LogP contribution in [-0.4, -0.2) is 94.0 Å². The Labute approximate surface area is 254 Å². The number of nitrogens with zero attached hydrogens (tertiary/aromatic N) is 5. The van der Waals surface area contributed by atoms with Gasteiger partial charge in [0.25, 0.3) is 5.91 Å². The molecule has 0 radical (unpaired) electrons. The number of carbonyl (C=O) groups excluding carboxylic acids is 6. The molecule has 0 fully saturated rings. The summed E-state index contributed by atoms with van der Waals surface area (Å²) in [6.45, 7) is 7.91. The van der Waals surface area contributed by atoms with Gasteiger partial charge in [-0.25, -0.2) is 19.3 Å². The van der Waals surface area contributed by atoms with E-state index in [1.54, 1.807) is 12.1 Å². The first-order chi connectivity index (χ1) is 20.2. The Morgan fingerprint density at radius 1 is 0.814 bits per heavy atom. The van der Waals surface area contributed by atoms with Gasteiger partial charge in [-0.15, -0.1) is 0 Å². The van der Waals surface area contributed by atoms with E-state index >= 15 is 0 Å². The molecule has 1 aromatic carbocycles.